The van der Waals surface area contributed by atoms with Gasteiger partial charge in [0.05, 0.1) is 17.9 Å². The number of rotatable bonds is 5. The van der Waals surface area contributed by atoms with Crippen LogP contribution in [0.5, 0.6) is 0 Å². The van der Waals surface area contributed by atoms with E-state index in [4.69, 9.17) is 9.26 Å². The van der Waals surface area contributed by atoms with Crippen molar-refractivity contribution in [2.75, 3.05) is 39.3 Å². The Morgan fingerprint density at radius 3 is 2.19 bits per heavy atom. The molecule has 2 atom stereocenters. The molecule has 0 bridgehead atoms. The van der Waals surface area contributed by atoms with Crippen molar-refractivity contribution in [3.8, 4) is 0 Å². The molecule has 0 N–H and O–H groups in total. The molecule has 1 aromatic heterocycles. The highest BCUT2D eigenvalue weighted by Gasteiger charge is 2.24. The van der Waals surface area contributed by atoms with E-state index in [-0.39, 0.29) is 18.1 Å². The molecule has 0 saturated carbocycles. The molecule has 7 nitrogen and oxygen atoms in total. The van der Waals surface area contributed by atoms with E-state index < -0.39 is 0 Å². The Bertz CT molecular complexity index is 857. The number of hydrogen-bond acceptors (Lipinski definition) is 6. The molecule has 2 aliphatic heterocycles. The van der Waals surface area contributed by atoms with E-state index in [2.05, 4.69) is 40.9 Å². The Balaban J connectivity index is 1.29. The molecule has 7 heteroatoms. The molecule has 1 amide bonds. The molecule has 0 aliphatic carbocycles. The summed E-state index contributed by atoms with van der Waals surface area (Å²) in [5, 5.41) is 4.04. The van der Waals surface area contributed by atoms with Crippen molar-refractivity contribution in [2.24, 2.45) is 0 Å². The lowest BCUT2D eigenvalue weighted by Crippen LogP contribution is -2.48. The smallest absolute Gasteiger partial charge is 0.253 e. The normalized spacial score (nSPS) is 23.3. The minimum atomic E-state index is 0.122. The summed E-state index contributed by atoms with van der Waals surface area (Å²) in [7, 11) is 0. The van der Waals surface area contributed by atoms with Gasteiger partial charge in [-0.25, -0.2) is 0 Å². The summed E-state index contributed by atoms with van der Waals surface area (Å²) in [4.78, 5) is 19.7. The largest absolute Gasteiger partial charge is 0.373 e. The zero-order valence-electron chi connectivity index (χ0n) is 19.1. The van der Waals surface area contributed by atoms with Crippen molar-refractivity contribution < 1.29 is 14.1 Å². The summed E-state index contributed by atoms with van der Waals surface area (Å²) < 4.78 is 11.1. The molecule has 2 aromatic rings. The lowest BCUT2D eigenvalue weighted by atomic mass is 10.1. The Labute approximate surface area is 184 Å². The lowest BCUT2D eigenvalue weighted by Gasteiger charge is -2.35. The van der Waals surface area contributed by atoms with E-state index in [1.54, 1.807) is 0 Å². The van der Waals surface area contributed by atoms with Gasteiger partial charge in [0.25, 0.3) is 5.91 Å². The number of benzene rings is 1. The monoisotopic (exact) mass is 426 g/mol. The summed E-state index contributed by atoms with van der Waals surface area (Å²) in [5.41, 5.74) is 4.13. The van der Waals surface area contributed by atoms with Crippen molar-refractivity contribution in [3.63, 3.8) is 0 Å². The number of carbonyl (C=O) groups excluding carboxylic acids is 1. The SMILES string of the molecule is Cc1noc(C)c1CN1CCN(C(=O)c2ccc(CN3CC(C)OC(C)C3)cc2)CC1. The van der Waals surface area contributed by atoms with Crippen LogP contribution in [0.15, 0.2) is 28.8 Å². The highest BCUT2D eigenvalue weighted by atomic mass is 16.5. The molecule has 4 rings (SSSR count). The molecule has 0 spiro atoms. The van der Waals surface area contributed by atoms with Gasteiger partial charge in [-0.1, -0.05) is 17.3 Å². The van der Waals surface area contributed by atoms with E-state index in [0.29, 0.717) is 0 Å². The van der Waals surface area contributed by atoms with Crippen molar-refractivity contribution in [1.29, 1.82) is 0 Å². The second kappa shape index (κ2) is 9.51. The third-order valence-electron chi connectivity index (χ3n) is 6.32. The quantitative estimate of drug-likeness (QED) is 0.733. The Hall–Kier alpha value is -2.22. The number of aromatic nitrogens is 1. The number of morpholine rings is 1. The third kappa shape index (κ3) is 5.34. The van der Waals surface area contributed by atoms with Crippen molar-refractivity contribution in [2.45, 2.75) is 53.0 Å². The van der Waals surface area contributed by atoms with Crippen molar-refractivity contribution >= 4 is 5.91 Å². The van der Waals surface area contributed by atoms with Crippen molar-refractivity contribution in [3.05, 3.63) is 52.4 Å². The number of carbonyl (C=O) groups is 1. The number of piperazine rings is 1. The standard InChI is InChI=1S/C24H34N4O3/c1-17-13-27(14-18(2)30-17)15-21-5-7-22(8-6-21)24(29)28-11-9-26(10-12-28)16-23-19(3)25-31-20(23)4/h5-8,17-18H,9-16H2,1-4H3. The molecule has 2 unspecified atom stereocenters. The van der Waals surface area contributed by atoms with Crippen LogP contribution in [0.1, 0.15) is 46.8 Å². The van der Waals surface area contributed by atoms with Gasteiger partial charge < -0.3 is 14.2 Å². The van der Waals surface area contributed by atoms with Crippen LogP contribution in [0.3, 0.4) is 0 Å². The van der Waals surface area contributed by atoms with E-state index in [9.17, 15) is 4.79 Å². The number of aryl methyl sites for hydroxylation is 2. The maximum absolute atomic E-state index is 13.0. The van der Waals surface area contributed by atoms with Gasteiger partial charge in [-0.3, -0.25) is 14.6 Å². The predicted octanol–water partition coefficient (Wildman–Crippen LogP) is 2.86. The van der Waals surface area contributed by atoms with Gasteiger partial charge in [0.1, 0.15) is 5.76 Å². The Morgan fingerprint density at radius 1 is 0.968 bits per heavy atom. The van der Waals surface area contributed by atoms with Crippen LogP contribution < -0.4 is 0 Å². The molecule has 2 aliphatic rings. The van der Waals surface area contributed by atoms with Gasteiger partial charge in [-0.2, -0.15) is 0 Å². The zero-order valence-corrected chi connectivity index (χ0v) is 19.1. The van der Waals surface area contributed by atoms with Gasteiger partial charge >= 0.3 is 0 Å². The van der Waals surface area contributed by atoms with Gasteiger partial charge in [0, 0.05) is 63.5 Å². The number of ether oxygens (including phenoxy) is 1. The van der Waals surface area contributed by atoms with Crippen LogP contribution in [0.2, 0.25) is 0 Å². The summed E-state index contributed by atoms with van der Waals surface area (Å²) in [6, 6.07) is 8.12. The topological polar surface area (TPSA) is 62.1 Å². The maximum Gasteiger partial charge on any atom is 0.253 e. The third-order valence-corrected chi connectivity index (χ3v) is 6.32. The molecule has 1 aromatic carbocycles. The molecule has 0 radical (unpaired) electrons. The minimum absolute atomic E-state index is 0.122. The molecular formula is C24H34N4O3. The maximum atomic E-state index is 13.0. The Kier molecular flexibility index (Phi) is 6.74. The number of amides is 1. The van der Waals surface area contributed by atoms with Crippen LogP contribution in [0, 0.1) is 13.8 Å². The van der Waals surface area contributed by atoms with Gasteiger partial charge in [0.2, 0.25) is 0 Å². The first-order valence-corrected chi connectivity index (χ1v) is 11.3. The lowest BCUT2D eigenvalue weighted by molar-refractivity contribution is -0.0704. The molecule has 2 saturated heterocycles. The Morgan fingerprint density at radius 2 is 1.61 bits per heavy atom. The van der Waals surface area contributed by atoms with Crippen LogP contribution in [-0.4, -0.2) is 77.2 Å². The van der Waals surface area contributed by atoms with Crippen LogP contribution in [0.25, 0.3) is 0 Å². The van der Waals surface area contributed by atoms with E-state index in [1.807, 2.05) is 30.9 Å². The van der Waals surface area contributed by atoms with Crippen molar-refractivity contribution in [1.82, 2.24) is 19.9 Å². The highest BCUT2D eigenvalue weighted by Crippen LogP contribution is 2.18. The fourth-order valence-electron chi connectivity index (χ4n) is 4.67. The van der Waals surface area contributed by atoms with E-state index in [0.717, 1.165) is 69.4 Å². The molecule has 2 fully saturated rings. The summed E-state index contributed by atoms with van der Waals surface area (Å²) in [6.45, 7) is 15.0. The second-order valence-corrected chi connectivity index (χ2v) is 9.02. The molecule has 3 heterocycles. The van der Waals surface area contributed by atoms with Crippen LogP contribution in [0.4, 0.5) is 0 Å². The van der Waals surface area contributed by atoms with Gasteiger partial charge in [0.15, 0.2) is 0 Å². The van der Waals surface area contributed by atoms with Crippen LogP contribution >= 0.6 is 0 Å². The first kappa shape index (κ1) is 22.0. The number of nitrogens with zero attached hydrogens (tertiary/aromatic N) is 4. The predicted molar refractivity (Wildman–Crippen MR) is 119 cm³/mol. The summed E-state index contributed by atoms with van der Waals surface area (Å²) in [6.07, 6.45) is 0.529. The molecular weight excluding hydrogens is 392 g/mol. The fourth-order valence-corrected chi connectivity index (χ4v) is 4.67. The number of hydrogen-bond donors (Lipinski definition) is 0. The molecule has 31 heavy (non-hydrogen) atoms. The van der Waals surface area contributed by atoms with Crippen LogP contribution in [-0.2, 0) is 17.8 Å². The first-order chi connectivity index (χ1) is 14.9. The second-order valence-electron chi connectivity index (χ2n) is 9.02. The summed E-state index contributed by atoms with van der Waals surface area (Å²) >= 11 is 0. The highest BCUT2D eigenvalue weighted by molar-refractivity contribution is 5.94. The van der Waals surface area contributed by atoms with Gasteiger partial charge in [-0.05, 0) is 45.4 Å². The average molecular weight is 427 g/mol. The fraction of sp³-hybridized carbons (Fsp3) is 0.583. The van der Waals surface area contributed by atoms with Gasteiger partial charge in [-0.15, -0.1) is 0 Å². The minimum Gasteiger partial charge on any atom is -0.373 e. The van der Waals surface area contributed by atoms with E-state index >= 15 is 0 Å². The summed E-state index contributed by atoms with van der Waals surface area (Å²) in [5.74, 6) is 1.01. The zero-order chi connectivity index (χ0) is 22.0. The average Bonchev–Trinajstić information content (AvgIpc) is 3.06. The van der Waals surface area contributed by atoms with E-state index in [1.165, 1.54) is 11.1 Å². The molecule has 168 valence electrons. The first-order valence-electron chi connectivity index (χ1n) is 11.3.